The van der Waals surface area contributed by atoms with E-state index < -0.39 is 17.9 Å². The van der Waals surface area contributed by atoms with Gasteiger partial charge in [-0.3, -0.25) is 9.59 Å². The van der Waals surface area contributed by atoms with E-state index in [2.05, 4.69) is 0 Å². The molecule has 2 atom stereocenters. The van der Waals surface area contributed by atoms with Gasteiger partial charge in [-0.05, 0) is 41.3 Å². The van der Waals surface area contributed by atoms with Crippen molar-refractivity contribution in [1.82, 2.24) is 4.90 Å². The topological polar surface area (TPSA) is 66.8 Å². The number of carbonyl (C=O) groups excluding carboxylic acids is 1. The highest BCUT2D eigenvalue weighted by atomic mass is 16.5. The van der Waals surface area contributed by atoms with Crippen LogP contribution in [0.1, 0.15) is 52.4 Å². The quantitative estimate of drug-likeness (QED) is 0.587. The summed E-state index contributed by atoms with van der Waals surface area (Å²) in [7, 11) is 0. The Labute approximate surface area is 181 Å². The first-order valence-electron chi connectivity index (χ1n) is 10.5. The van der Waals surface area contributed by atoms with Gasteiger partial charge < -0.3 is 14.7 Å². The van der Waals surface area contributed by atoms with Gasteiger partial charge >= 0.3 is 5.97 Å². The number of hydrogen-bond donors (Lipinski definition) is 1. The Hall–Kier alpha value is -3.60. The van der Waals surface area contributed by atoms with E-state index in [1.54, 1.807) is 29.2 Å². The zero-order chi connectivity index (χ0) is 21.8. The van der Waals surface area contributed by atoms with E-state index >= 15 is 0 Å². The maximum atomic E-state index is 13.5. The molecule has 0 aromatic heterocycles. The van der Waals surface area contributed by atoms with E-state index in [0.717, 1.165) is 23.3 Å². The predicted molar refractivity (Wildman–Crippen MR) is 118 cm³/mol. The number of fused-ring (bicyclic) bond motifs is 1. The van der Waals surface area contributed by atoms with Crippen LogP contribution >= 0.6 is 0 Å². The highest BCUT2D eigenvalue weighted by molar-refractivity contribution is 6.00. The van der Waals surface area contributed by atoms with Gasteiger partial charge in [0.15, 0.2) is 0 Å². The van der Waals surface area contributed by atoms with Crippen LogP contribution in [-0.4, -0.2) is 28.5 Å². The van der Waals surface area contributed by atoms with Gasteiger partial charge in [0.2, 0.25) is 0 Å². The zero-order valence-corrected chi connectivity index (χ0v) is 17.4. The summed E-state index contributed by atoms with van der Waals surface area (Å²) in [6.45, 7) is 2.99. The number of hydrogen-bond acceptors (Lipinski definition) is 3. The second-order valence-electron chi connectivity index (χ2n) is 7.68. The lowest BCUT2D eigenvalue weighted by atomic mass is 9.79. The molecule has 31 heavy (non-hydrogen) atoms. The van der Waals surface area contributed by atoms with Gasteiger partial charge in [-0.2, -0.15) is 0 Å². The molecule has 2 unspecified atom stereocenters. The molecule has 1 aliphatic rings. The summed E-state index contributed by atoms with van der Waals surface area (Å²) in [5.41, 5.74) is 2.73. The Morgan fingerprint density at radius 3 is 2.32 bits per heavy atom. The van der Waals surface area contributed by atoms with Gasteiger partial charge in [-0.1, -0.05) is 67.6 Å². The monoisotopic (exact) mass is 415 g/mol. The fraction of sp³-hybridized carbons (Fsp3) is 0.231. The van der Waals surface area contributed by atoms with Crippen LogP contribution in [0.5, 0.6) is 5.75 Å². The third-order valence-electron chi connectivity index (χ3n) is 5.59. The molecule has 1 aliphatic heterocycles. The van der Waals surface area contributed by atoms with Crippen molar-refractivity contribution >= 4 is 11.9 Å². The molecule has 0 spiro atoms. The lowest BCUT2D eigenvalue weighted by Crippen LogP contribution is -2.44. The molecule has 0 saturated carbocycles. The molecule has 5 nitrogen and oxygen atoms in total. The molecule has 0 radical (unpaired) electrons. The largest absolute Gasteiger partial charge is 0.494 e. The standard InChI is InChI=1S/C26H25NO4/c1-2-16-31-20-14-12-19(13-15-20)24-23(26(29)30)21-10-6-7-11-22(21)25(28)27(24)17-18-8-4-3-5-9-18/h3-15,23-24H,2,16-17H2,1H3,(H,29,30). The molecule has 4 rings (SSSR count). The average Bonchev–Trinajstić information content (AvgIpc) is 2.80. The maximum Gasteiger partial charge on any atom is 0.313 e. The van der Waals surface area contributed by atoms with Crippen LogP contribution in [-0.2, 0) is 11.3 Å². The van der Waals surface area contributed by atoms with E-state index in [1.807, 2.05) is 61.5 Å². The maximum absolute atomic E-state index is 13.5. The molecule has 3 aromatic rings. The number of nitrogens with zero attached hydrogens (tertiary/aromatic N) is 1. The van der Waals surface area contributed by atoms with Crippen LogP contribution in [0.25, 0.3) is 0 Å². The third kappa shape index (κ3) is 4.17. The second-order valence-corrected chi connectivity index (χ2v) is 7.68. The van der Waals surface area contributed by atoms with Gasteiger partial charge in [-0.15, -0.1) is 0 Å². The van der Waals surface area contributed by atoms with Crippen molar-refractivity contribution in [2.24, 2.45) is 0 Å². The number of ether oxygens (including phenoxy) is 1. The number of carbonyl (C=O) groups is 2. The van der Waals surface area contributed by atoms with E-state index in [4.69, 9.17) is 4.74 Å². The summed E-state index contributed by atoms with van der Waals surface area (Å²) in [5, 5.41) is 10.2. The number of amides is 1. The Morgan fingerprint density at radius 2 is 1.65 bits per heavy atom. The molecule has 0 fully saturated rings. The van der Waals surface area contributed by atoms with E-state index in [9.17, 15) is 14.7 Å². The molecule has 1 amide bonds. The molecule has 5 heteroatoms. The van der Waals surface area contributed by atoms with Gasteiger partial charge in [0.1, 0.15) is 11.7 Å². The van der Waals surface area contributed by atoms with E-state index in [1.165, 1.54) is 0 Å². The molecule has 0 aliphatic carbocycles. The van der Waals surface area contributed by atoms with Crippen LogP contribution in [0.3, 0.4) is 0 Å². The normalized spacial score (nSPS) is 17.8. The van der Waals surface area contributed by atoms with Crippen molar-refractivity contribution < 1.29 is 19.4 Å². The highest BCUT2D eigenvalue weighted by Crippen LogP contribution is 2.43. The Morgan fingerprint density at radius 1 is 0.968 bits per heavy atom. The molecule has 158 valence electrons. The van der Waals surface area contributed by atoms with Crippen LogP contribution in [0.4, 0.5) is 0 Å². The third-order valence-corrected chi connectivity index (χ3v) is 5.59. The van der Waals surface area contributed by atoms with Gasteiger partial charge in [0, 0.05) is 12.1 Å². The Kier molecular flexibility index (Phi) is 6.03. The van der Waals surface area contributed by atoms with E-state index in [0.29, 0.717) is 24.3 Å². The lowest BCUT2D eigenvalue weighted by Gasteiger charge is -2.41. The summed E-state index contributed by atoms with van der Waals surface area (Å²) < 4.78 is 5.67. The van der Waals surface area contributed by atoms with Crippen LogP contribution in [0.15, 0.2) is 78.9 Å². The SMILES string of the molecule is CCCOc1ccc(C2C(C(=O)O)c3ccccc3C(=O)N2Cc2ccccc2)cc1. The summed E-state index contributed by atoms with van der Waals surface area (Å²) in [5.74, 6) is -1.24. The van der Waals surface area contributed by atoms with Crippen molar-refractivity contribution in [2.45, 2.75) is 31.8 Å². The molecule has 1 N–H and O–H groups in total. The summed E-state index contributed by atoms with van der Waals surface area (Å²) in [6.07, 6.45) is 0.904. The van der Waals surface area contributed by atoms with Crippen molar-refractivity contribution in [1.29, 1.82) is 0 Å². The molecular formula is C26H25NO4. The minimum absolute atomic E-state index is 0.159. The first kappa shape index (κ1) is 20.7. The number of carboxylic acids is 1. The molecular weight excluding hydrogens is 390 g/mol. The minimum Gasteiger partial charge on any atom is -0.494 e. The Bertz CT molecular complexity index is 1060. The van der Waals surface area contributed by atoms with Gasteiger partial charge in [0.05, 0.1) is 12.6 Å². The van der Waals surface area contributed by atoms with Crippen LogP contribution in [0, 0.1) is 0 Å². The molecule has 0 saturated heterocycles. The summed E-state index contributed by atoms with van der Waals surface area (Å²) in [6, 6.07) is 23.5. The number of carboxylic acid groups (broad SMARTS) is 1. The smallest absolute Gasteiger partial charge is 0.313 e. The van der Waals surface area contributed by atoms with Crippen LogP contribution < -0.4 is 4.74 Å². The fourth-order valence-corrected chi connectivity index (χ4v) is 4.17. The fourth-order valence-electron chi connectivity index (χ4n) is 4.17. The number of rotatable bonds is 7. The van der Waals surface area contributed by atoms with E-state index in [-0.39, 0.29) is 5.91 Å². The van der Waals surface area contributed by atoms with Crippen molar-refractivity contribution in [3.05, 3.63) is 101 Å². The highest BCUT2D eigenvalue weighted by Gasteiger charge is 2.44. The lowest BCUT2D eigenvalue weighted by molar-refractivity contribution is -0.140. The van der Waals surface area contributed by atoms with Crippen LogP contribution in [0.2, 0.25) is 0 Å². The summed E-state index contributed by atoms with van der Waals surface area (Å²) >= 11 is 0. The minimum atomic E-state index is -0.950. The summed E-state index contributed by atoms with van der Waals surface area (Å²) in [4.78, 5) is 27.6. The first-order valence-corrected chi connectivity index (χ1v) is 10.5. The number of aliphatic carboxylic acids is 1. The van der Waals surface area contributed by atoms with Gasteiger partial charge in [0.25, 0.3) is 5.91 Å². The molecule has 3 aromatic carbocycles. The Balaban J connectivity index is 1.80. The van der Waals surface area contributed by atoms with Crippen molar-refractivity contribution in [3.63, 3.8) is 0 Å². The second kappa shape index (κ2) is 9.04. The number of benzene rings is 3. The molecule has 0 bridgehead atoms. The zero-order valence-electron chi connectivity index (χ0n) is 17.4. The van der Waals surface area contributed by atoms with Crippen molar-refractivity contribution in [2.75, 3.05) is 6.61 Å². The molecule has 1 heterocycles. The first-order chi connectivity index (χ1) is 15.1. The average molecular weight is 415 g/mol. The van der Waals surface area contributed by atoms with Crippen molar-refractivity contribution in [3.8, 4) is 5.75 Å². The predicted octanol–water partition coefficient (Wildman–Crippen LogP) is 5.04. The van der Waals surface area contributed by atoms with Gasteiger partial charge in [-0.25, -0.2) is 0 Å².